The zero-order valence-electron chi connectivity index (χ0n) is 20.3. The minimum absolute atomic E-state index is 0.0155. The van der Waals surface area contributed by atoms with E-state index in [4.69, 9.17) is 21.1 Å². The van der Waals surface area contributed by atoms with Gasteiger partial charge in [-0.25, -0.2) is 18.4 Å². The van der Waals surface area contributed by atoms with E-state index in [0.29, 0.717) is 53.4 Å². The minimum atomic E-state index is -0.507. The fraction of sp³-hybridized carbons (Fsp3) is 0.296. The molecular weight excluding hydrogens is 502 g/mol. The zero-order chi connectivity index (χ0) is 26.1. The van der Waals surface area contributed by atoms with Crippen LogP contribution in [0.25, 0.3) is 16.6 Å². The van der Waals surface area contributed by atoms with Crippen molar-refractivity contribution in [3.63, 3.8) is 0 Å². The van der Waals surface area contributed by atoms with Gasteiger partial charge in [-0.3, -0.25) is 4.79 Å². The topological polar surface area (TPSA) is 78.3 Å². The van der Waals surface area contributed by atoms with Crippen molar-refractivity contribution in [1.29, 1.82) is 0 Å². The molecule has 7 nitrogen and oxygen atoms in total. The first kappa shape index (κ1) is 25.1. The minimum Gasteiger partial charge on any atom is -0.487 e. The SMILES string of the molecule is Cc1cc(-n2cc(F)cn2)c2cccc(OCc3c(Cl)cc(F)cc3[C@H](C)NC(=O)[C@@H]3CCOC3)c2n1. The molecule has 0 aliphatic carbocycles. The van der Waals surface area contributed by atoms with E-state index < -0.39 is 17.7 Å². The van der Waals surface area contributed by atoms with Crippen molar-refractivity contribution >= 4 is 28.4 Å². The maximum atomic E-state index is 14.3. The van der Waals surface area contributed by atoms with Gasteiger partial charge in [0.1, 0.15) is 23.7 Å². The molecule has 0 radical (unpaired) electrons. The molecule has 0 spiro atoms. The molecule has 37 heavy (non-hydrogen) atoms. The van der Waals surface area contributed by atoms with Gasteiger partial charge < -0.3 is 14.8 Å². The number of ether oxygens (including phenoxy) is 2. The van der Waals surface area contributed by atoms with Crippen molar-refractivity contribution in [2.45, 2.75) is 32.9 Å². The molecule has 10 heteroatoms. The van der Waals surface area contributed by atoms with Crippen molar-refractivity contribution in [2.75, 3.05) is 13.2 Å². The number of carbonyl (C=O) groups excluding carboxylic acids is 1. The first-order valence-corrected chi connectivity index (χ1v) is 12.3. The maximum absolute atomic E-state index is 14.3. The number of halogens is 3. The number of aryl methyl sites for hydroxylation is 1. The third-order valence-corrected chi connectivity index (χ3v) is 6.74. The summed E-state index contributed by atoms with van der Waals surface area (Å²) >= 11 is 6.44. The summed E-state index contributed by atoms with van der Waals surface area (Å²) in [7, 11) is 0. The molecule has 2 atom stereocenters. The second-order valence-electron chi connectivity index (χ2n) is 9.07. The van der Waals surface area contributed by atoms with Crippen LogP contribution in [-0.4, -0.2) is 33.9 Å². The number of hydrogen-bond donors (Lipinski definition) is 1. The van der Waals surface area contributed by atoms with E-state index in [2.05, 4.69) is 15.4 Å². The Hall–Kier alpha value is -3.56. The Morgan fingerprint density at radius 3 is 2.86 bits per heavy atom. The molecule has 1 N–H and O–H groups in total. The maximum Gasteiger partial charge on any atom is 0.225 e. The summed E-state index contributed by atoms with van der Waals surface area (Å²) in [5, 5.41) is 7.94. The molecule has 0 bridgehead atoms. The van der Waals surface area contributed by atoms with Crippen LogP contribution in [0.5, 0.6) is 5.75 Å². The number of pyridine rings is 1. The van der Waals surface area contributed by atoms with E-state index in [1.165, 1.54) is 23.0 Å². The number of aromatic nitrogens is 3. The lowest BCUT2D eigenvalue weighted by atomic mass is 10.00. The lowest BCUT2D eigenvalue weighted by Crippen LogP contribution is -2.33. The summed E-state index contributed by atoms with van der Waals surface area (Å²) in [6.07, 6.45) is 3.08. The standard InChI is InChI=1S/C27H25ClF2N4O3/c1-15-8-24(34-12-19(30)11-31-34)20-4-3-5-25(26(20)32-15)37-14-22-21(9-18(29)10-23(22)28)16(2)33-27(35)17-6-7-36-13-17/h3-5,8-12,16-17H,6-7,13-14H2,1-2H3,(H,33,35)/t16-,17+/m0/s1. The van der Waals surface area contributed by atoms with Crippen LogP contribution in [-0.2, 0) is 16.1 Å². The number of rotatable bonds is 7. The van der Waals surface area contributed by atoms with Gasteiger partial charge in [0.25, 0.3) is 0 Å². The Morgan fingerprint density at radius 2 is 2.14 bits per heavy atom. The summed E-state index contributed by atoms with van der Waals surface area (Å²) in [4.78, 5) is 17.3. The highest BCUT2D eigenvalue weighted by atomic mass is 35.5. The lowest BCUT2D eigenvalue weighted by molar-refractivity contribution is -0.125. The summed E-state index contributed by atoms with van der Waals surface area (Å²) in [6, 6.07) is 9.31. The molecule has 2 aromatic carbocycles. The predicted octanol–water partition coefficient (Wildman–Crippen LogP) is 5.45. The summed E-state index contributed by atoms with van der Waals surface area (Å²) < 4.78 is 40.9. The molecule has 1 amide bonds. The molecule has 1 aliphatic rings. The van der Waals surface area contributed by atoms with E-state index >= 15 is 0 Å². The molecule has 3 heterocycles. The highest BCUT2D eigenvalue weighted by molar-refractivity contribution is 6.31. The van der Waals surface area contributed by atoms with Crippen LogP contribution in [0, 0.1) is 24.5 Å². The number of nitrogens with zero attached hydrogens (tertiary/aromatic N) is 3. The van der Waals surface area contributed by atoms with Crippen molar-refractivity contribution in [1.82, 2.24) is 20.1 Å². The number of nitrogens with one attached hydrogen (secondary N) is 1. The predicted molar refractivity (Wildman–Crippen MR) is 135 cm³/mol. The molecule has 0 unspecified atom stereocenters. The Kier molecular flexibility index (Phi) is 7.08. The number of amides is 1. The van der Waals surface area contributed by atoms with Crippen molar-refractivity contribution in [3.8, 4) is 11.4 Å². The molecular formula is C27H25ClF2N4O3. The second kappa shape index (κ2) is 10.4. The van der Waals surface area contributed by atoms with Crippen LogP contribution >= 0.6 is 11.6 Å². The quantitative estimate of drug-likeness (QED) is 0.346. The Balaban J connectivity index is 1.45. The Morgan fingerprint density at radius 1 is 1.30 bits per heavy atom. The molecule has 1 aliphatic heterocycles. The summed E-state index contributed by atoms with van der Waals surface area (Å²) in [5.74, 6) is -0.855. The third-order valence-electron chi connectivity index (χ3n) is 6.40. The molecule has 1 fully saturated rings. The van der Waals surface area contributed by atoms with Crippen molar-refractivity contribution in [2.24, 2.45) is 5.92 Å². The van der Waals surface area contributed by atoms with Crippen LogP contribution in [0.1, 0.15) is 36.2 Å². The van der Waals surface area contributed by atoms with Crippen molar-refractivity contribution < 1.29 is 23.0 Å². The van der Waals surface area contributed by atoms with Gasteiger partial charge in [0.15, 0.2) is 5.82 Å². The Bertz CT molecular complexity index is 1470. The van der Waals surface area contributed by atoms with Gasteiger partial charge in [-0.05, 0) is 50.1 Å². The van der Waals surface area contributed by atoms with E-state index in [0.717, 1.165) is 11.6 Å². The number of benzene rings is 2. The van der Waals surface area contributed by atoms with E-state index in [9.17, 15) is 13.6 Å². The molecule has 192 valence electrons. The first-order valence-electron chi connectivity index (χ1n) is 11.9. The number of hydrogen-bond acceptors (Lipinski definition) is 5. The largest absolute Gasteiger partial charge is 0.487 e. The summed E-state index contributed by atoms with van der Waals surface area (Å²) in [5.41, 5.74) is 2.99. The fourth-order valence-electron chi connectivity index (χ4n) is 4.53. The van der Waals surface area contributed by atoms with Gasteiger partial charge in [0.05, 0.1) is 41.7 Å². The second-order valence-corrected chi connectivity index (χ2v) is 9.48. The van der Waals surface area contributed by atoms with Crippen LogP contribution in [0.4, 0.5) is 8.78 Å². The summed E-state index contributed by atoms with van der Waals surface area (Å²) in [6.45, 7) is 4.54. The fourth-order valence-corrected chi connectivity index (χ4v) is 4.80. The highest BCUT2D eigenvalue weighted by Crippen LogP contribution is 2.32. The first-order chi connectivity index (χ1) is 17.8. The number of carbonyl (C=O) groups is 1. The van der Waals surface area contributed by atoms with Gasteiger partial charge >= 0.3 is 0 Å². The monoisotopic (exact) mass is 526 g/mol. The number of fused-ring (bicyclic) bond motifs is 1. The Labute approximate surface area is 217 Å². The third kappa shape index (κ3) is 5.28. The van der Waals surface area contributed by atoms with Crippen LogP contribution in [0.15, 0.2) is 48.8 Å². The molecule has 5 rings (SSSR count). The zero-order valence-corrected chi connectivity index (χ0v) is 21.1. The smallest absolute Gasteiger partial charge is 0.225 e. The van der Waals surface area contributed by atoms with Gasteiger partial charge in [-0.2, -0.15) is 5.10 Å². The normalized spacial score (nSPS) is 16.2. The van der Waals surface area contributed by atoms with Gasteiger partial charge in [0.2, 0.25) is 5.91 Å². The molecule has 1 saturated heterocycles. The van der Waals surface area contributed by atoms with Gasteiger partial charge in [-0.1, -0.05) is 23.7 Å². The average molecular weight is 527 g/mol. The molecule has 0 saturated carbocycles. The lowest BCUT2D eigenvalue weighted by Gasteiger charge is -2.21. The molecule has 4 aromatic rings. The van der Waals surface area contributed by atoms with Gasteiger partial charge in [0, 0.05) is 23.3 Å². The van der Waals surface area contributed by atoms with Crippen LogP contribution in [0.2, 0.25) is 5.02 Å². The van der Waals surface area contributed by atoms with Crippen LogP contribution < -0.4 is 10.1 Å². The van der Waals surface area contributed by atoms with E-state index in [1.807, 2.05) is 19.1 Å². The highest BCUT2D eigenvalue weighted by Gasteiger charge is 2.26. The average Bonchev–Trinajstić information content (AvgIpc) is 3.55. The number of para-hydroxylation sites is 1. The van der Waals surface area contributed by atoms with E-state index in [-0.39, 0.29) is 23.5 Å². The van der Waals surface area contributed by atoms with E-state index in [1.54, 1.807) is 19.1 Å². The van der Waals surface area contributed by atoms with Crippen LogP contribution in [0.3, 0.4) is 0 Å². The van der Waals surface area contributed by atoms with Gasteiger partial charge in [-0.15, -0.1) is 0 Å². The molecule has 2 aromatic heterocycles. The van der Waals surface area contributed by atoms with Crippen molar-refractivity contribution in [3.05, 3.63) is 82.3 Å².